The van der Waals surface area contributed by atoms with Crippen LogP contribution in [0.25, 0.3) is 0 Å². The molecule has 3 atom stereocenters. The predicted molar refractivity (Wildman–Crippen MR) is 87.7 cm³/mol. The van der Waals surface area contributed by atoms with Crippen LogP contribution in [-0.4, -0.2) is 40.8 Å². The van der Waals surface area contributed by atoms with Crippen molar-refractivity contribution in [2.24, 2.45) is 11.8 Å². The van der Waals surface area contributed by atoms with Crippen molar-refractivity contribution < 1.29 is 14.3 Å². The van der Waals surface area contributed by atoms with Crippen LogP contribution in [0.2, 0.25) is 5.02 Å². The van der Waals surface area contributed by atoms with E-state index >= 15 is 0 Å². The normalized spacial score (nSPS) is 26.4. The molecule has 1 saturated carbocycles. The average Bonchev–Trinajstić information content (AvgIpc) is 3.20. The highest BCUT2D eigenvalue weighted by Gasteiger charge is 2.48. The van der Waals surface area contributed by atoms with Gasteiger partial charge in [-0.3, -0.25) is 0 Å². The zero-order valence-corrected chi connectivity index (χ0v) is 14.5. The van der Waals surface area contributed by atoms with Gasteiger partial charge in [0, 0.05) is 23.8 Å². The van der Waals surface area contributed by atoms with Gasteiger partial charge in [0.1, 0.15) is 12.2 Å². The third kappa shape index (κ3) is 4.28. The second kappa shape index (κ2) is 6.19. The van der Waals surface area contributed by atoms with E-state index < -0.39 is 5.60 Å². The number of ether oxygens (including phenoxy) is 2. The molecule has 0 N–H and O–H groups in total. The fourth-order valence-electron chi connectivity index (χ4n) is 3.05. The summed E-state index contributed by atoms with van der Waals surface area (Å²) in [5.41, 5.74) is -0.489. The molecule has 0 radical (unpaired) electrons. The highest BCUT2D eigenvalue weighted by atomic mass is 35.5. The van der Waals surface area contributed by atoms with E-state index in [1.165, 1.54) is 6.42 Å². The van der Waals surface area contributed by atoms with E-state index in [-0.39, 0.29) is 12.1 Å². The molecule has 6 heteroatoms. The van der Waals surface area contributed by atoms with Crippen molar-refractivity contribution in [3.8, 4) is 5.88 Å². The molecule has 126 valence electrons. The number of carbonyl (C=O) groups is 1. The summed E-state index contributed by atoms with van der Waals surface area (Å²) < 4.78 is 11.3. The van der Waals surface area contributed by atoms with Crippen LogP contribution in [0.15, 0.2) is 18.3 Å². The highest BCUT2D eigenvalue weighted by molar-refractivity contribution is 6.30. The SMILES string of the molecule is CC(C)(C)OC(=O)N1C[C@H]2C[C@H]2C[C@H]1COc1cc(Cl)ccn1. The molecule has 0 spiro atoms. The maximum atomic E-state index is 12.5. The molecular weight excluding hydrogens is 316 g/mol. The van der Waals surface area contributed by atoms with E-state index in [9.17, 15) is 4.79 Å². The van der Waals surface area contributed by atoms with Crippen LogP contribution >= 0.6 is 11.6 Å². The Hall–Kier alpha value is -1.49. The van der Waals surface area contributed by atoms with E-state index in [0.29, 0.717) is 23.4 Å². The van der Waals surface area contributed by atoms with Crippen molar-refractivity contribution >= 4 is 17.7 Å². The summed E-state index contributed by atoms with van der Waals surface area (Å²) in [6.07, 6.45) is 3.52. The van der Waals surface area contributed by atoms with Crippen LogP contribution < -0.4 is 4.74 Å². The second-order valence-corrected chi connectivity index (χ2v) is 7.84. The molecule has 2 fully saturated rings. The molecule has 1 saturated heterocycles. The second-order valence-electron chi connectivity index (χ2n) is 7.40. The molecule has 0 aromatic carbocycles. The molecule has 1 amide bonds. The summed E-state index contributed by atoms with van der Waals surface area (Å²) in [6.45, 7) is 6.83. The Morgan fingerprint density at radius 1 is 1.39 bits per heavy atom. The zero-order chi connectivity index (χ0) is 16.6. The Morgan fingerprint density at radius 2 is 2.17 bits per heavy atom. The number of carbonyl (C=O) groups excluding carboxylic acids is 1. The first kappa shape index (κ1) is 16.4. The van der Waals surface area contributed by atoms with E-state index in [1.54, 1.807) is 18.3 Å². The number of piperidine rings is 1. The fourth-order valence-corrected chi connectivity index (χ4v) is 3.20. The molecule has 5 nitrogen and oxygen atoms in total. The van der Waals surface area contributed by atoms with Crippen LogP contribution in [-0.2, 0) is 4.74 Å². The lowest BCUT2D eigenvalue weighted by Crippen LogP contribution is -2.49. The number of hydrogen-bond acceptors (Lipinski definition) is 4. The van der Waals surface area contributed by atoms with Crippen molar-refractivity contribution in [1.82, 2.24) is 9.88 Å². The lowest BCUT2D eigenvalue weighted by atomic mass is 10.0. The first-order valence-electron chi connectivity index (χ1n) is 8.06. The van der Waals surface area contributed by atoms with Gasteiger partial charge in [-0.2, -0.15) is 0 Å². The Morgan fingerprint density at radius 3 is 2.87 bits per heavy atom. The molecule has 1 aliphatic heterocycles. The summed E-state index contributed by atoms with van der Waals surface area (Å²) in [4.78, 5) is 18.4. The molecular formula is C17H23ClN2O3. The number of amides is 1. The molecule has 1 aliphatic carbocycles. The summed E-state index contributed by atoms with van der Waals surface area (Å²) in [6, 6.07) is 3.41. The van der Waals surface area contributed by atoms with Gasteiger partial charge in [-0.1, -0.05) is 11.6 Å². The van der Waals surface area contributed by atoms with Gasteiger partial charge >= 0.3 is 6.09 Å². The number of aromatic nitrogens is 1. The van der Waals surface area contributed by atoms with Crippen molar-refractivity contribution in [2.75, 3.05) is 13.2 Å². The molecule has 1 aromatic rings. The monoisotopic (exact) mass is 338 g/mol. The maximum absolute atomic E-state index is 12.5. The van der Waals surface area contributed by atoms with Crippen LogP contribution in [0.5, 0.6) is 5.88 Å². The Labute approximate surface area is 141 Å². The third-order valence-corrected chi connectivity index (χ3v) is 4.50. The third-order valence-electron chi connectivity index (χ3n) is 4.26. The van der Waals surface area contributed by atoms with Gasteiger partial charge in [-0.15, -0.1) is 0 Å². The van der Waals surface area contributed by atoms with Crippen LogP contribution in [0.4, 0.5) is 4.79 Å². The largest absolute Gasteiger partial charge is 0.475 e. The first-order valence-corrected chi connectivity index (χ1v) is 8.43. The molecule has 1 aromatic heterocycles. The smallest absolute Gasteiger partial charge is 0.410 e. The van der Waals surface area contributed by atoms with Gasteiger partial charge in [-0.25, -0.2) is 9.78 Å². The number of nitrogens with zero attached hydrogens (tertiary/aromatic N) is 2. The summed E-state index contributed by atoms with van der Waals surface area (Å²) >= 11 is 5.94. The van der Waals surface area contributed by atoms with E-state index in [0.717, 1.165) is 18.9 Å². The van der Waals surface area contributed by atoms with Gasteiger partial charge < -0.3 is 14.4 Å². The summed E-state index contributed by atoms with van der Waals surface area (Å²) in [5.74, 6) is 1.83. The van der Waals surface area contributed by atoms with Crippen molar-refractivity contribution in [1.29, 1.82) is 0 Å². The quantitative estimate of drug-likeness (QED) is 0.842. The number of rotatable bonds is 3. The van der Waals surface area contributed by atoms with Gasteiger partial charge in [0.05, 0.1) is 6.04 Å². The van der Waals surface area contributed by atoms with Crippen molar-refractivity contribution in [3.05, 3.63) is 23.4 Å². The van der Waals surface area contributed by atoms with Crippen molar-refractivity contribution in [3.63, 3.8) is 0 Å². The van der Waals surface area contributed by atoms with Gasteiger partial charge in [0.15, 0.2) is 0 Å². The molecule has 0 bridgehead atoms. The topological polar surface area (TPSA) is 51.7 Å². The maximum Gasteiger partial charge on any atom is 0.410 e. The molecule has 2 heterocycles. The van der Waals surface area contributed by atoms with Gasteiger partial charge in [0.25, 0.3) is 0 Å². The molecule has 3 rings (SSSR count). The van der Waals surface area contributed by atoms with Crippen LogP contribution in [0.1, 0.15) is 33.6 Å². The lowest BCUT2D eigenvalue weighted by molar-refractivity contribution is 0.00201. The molecule has 2 aliphatic rings. The predicted octanol–water partition coefficient (Wildman–Crippen LogP) is 3.76. The Kier molecular flexibility index (Phi) is 4.41. The number of fused-ring (bicyclic) bond motifs is 1. The summed E-state index contributed by atoms with van der Waals surface area (Å²) in [7, 11) is 0. The molecule has 23 heavy (non-hydrogen) atoms. The van der Waals surface area contributed by atoms with Crippen LogP contribution in [0.3, 0.4) is 0 Å². The fraction of sp³-hybridized carbons (Fsp3) is 0.647. The number of halogens is 1. The number of hydrogen-bond donors (Lipinski definition) is 0. The standard InChI is InChI=1S/C17H23ClN2O3/c1-17(2,3)23-16(21)20-9-12-6-11(12)7-14(20)10-22-15-8-13(18)4-5-19-15/h4-5,8,11-12,14H,6-7,9-10H2,1-3H3/t11-,12+,14-/m0/s1. The minimum Gasteiger partial charge on any atom is -0.475 e. The number of likely N-dealkylation sites (tertiary alicyclic amines) is 1. The summed E-state index contributed by atoms with van der Waals surface area (Å²) in [5, 5.41) is 0.588. The minimum atomic E-state index is -0.489. The minimum absolute atomic E-state index is 0.0226. The van der Waals surface area contributed by atoms with Gasteiger partial charge in [0.2, 0.25) is 5.88 Å². The number of pyridine rings is 1. The molecule has 0 unspecified atom stereocenters. The Balaban J connectivity index is 1.64. The van der Waals surface area contributed by atoms with E-state index in [2.05, 4.69) is 4.98 Å². The Bertz CT molecular complexity index is 587. The highest BCUT2D eigenvalue weighted by Crippen LogP contribution is 2.47. The zero-order valence-electron chi connectivity index (χ0n) is 13.8. The van der Waals surface area contributed by atoms with Crippen LogP contribution in [0, 0.1) is 11.8 Å². The lowest BCUT2D eigenvalue weighted by Gasteiger charge is -2.36. The van der Waals surface area contributed by atoms with E-state index in [1.807, 2.05) is 25.7 Å². The average molecular weight is 339 g/mol. The van der Waals surface area contributed by atoms with Crippen molar-refractivity contribution in [2.45, 2.75) is 45.3 Å². The van der Waals surface area contributed by atoms with Gasteiger partial charge in [-0.05, 0) is 51.5 Å². The van der Waals surface area contributed by atoms with E-state index in [4.69, 9.17) is 21.1 Å². The first-order chi connectivity index (χ1) is 10.8.